The van der Waals surface area contributed by atoms with E-state index in [1.54, 1.807) is 22.5 Å². The van der Waals surface area contributed by atoms with Crippen LogP contribution >= 0.6 is 0 Å². The summed E-state index contributed by atoms with van der Waals surface area (Å²) in [7, 11) is -3.72. The minimum atomic E-state index is -3.72. The van der Waals surface area contributed by atoms with Gasteiger partial charge in [-0.05, 0) is 84.5 Å². The highest BCUT2D eigenvalue weighted by Crippen LogP contribution is 2.34. The van der Waals surface area contributed by atoms with Crippen molar-refractivity contribution in [3.05, 3.63) is 59.9 Å². The molecule has 0 N–H and O–H groups in total. The summed E-state index contributed by atoms with van der Waals surface area (Å²) in [6.07, 6.45) is 5.60. The fraction of sp³-hybridized carbons (Fsp3) is 0.458. The van der Waals surface area contributed by atoms with Gasteiger partial charge < -0.3 is 4.74 Å². The summed E-state index contributed by atoms with van der Waals surface area (Å²) in [5.41, 5.74) is 2.49. The topological polar surface area (TPSA) is 90.2 Å². The lowest BCUT2D eigenvalue weighted by atomic mass is 9.86. The van der Waals surface area contributed by atoms with Gasteiger partial charge in [-0.3, -0.25) is 0 Å². The molecule has 0 bridgehead atoms. The lowest BCUT2D eigenvalue weighted by molar-refractivity contribution is 0.185. The Labute approximate surface area is 195 Å². The first-order chi connectivity index (χ1) is 15.9. The van der Waals surface area contributed by atoms with Gasteiger partial charge in [-0.15, -0.1) is 5.10 Å². The van der Waals surface area contributed by atoms with Crippen molar-refractivity contribution in [2.24, 2.45) is 5.92 Å². The molecule has 1 aliphatic carbocycles. The quantitative estimate of drug-likeness (QED) is 0.493. The molecule has 2 atom stereocenters. The van der Waals surface area contributed by atoms with Crippen LogP contribution < -0.4 is 4.74 Å². The maximum absolute atomic E-state index is 14.0. The van der Waals surface area contributed by atoms with Crippen molar-refractivity contribution in [2.45, 2.75) is 63.9 Å². The normalized spacial score (nSPS) is 19.0. The molecule has 3 aromatic rings. The number of tetrazole rings is 1. The largest absolute Gasteiger partial charge is 0.494 e. The van der Waals surface area contributed by atoms with Gasteiger partial charge in [0.05, 0.1) is 17.2 Å². The van der Waals surface area contributed by atoms with E-state index >= 15 is 0 Å². The second-order valence-electron chi connectivity index (χ2n) is 8.66. The number of hydrogen-bond donors (Lipinski definition) is 0. The molecule has 1 saturated carbocycles. The fourth-order valence-corrected chi connectivity index (χ4v) is 6.42. The van der Waals surface area contributed by atoms with Gasteiger partial charge in [0, 0.05) is 12.6 Å². The van der Waals surface area contributed by atoms with Crippen LogP contribution in [-0.4, -0.2) is 45.6 Å². The summed E-state index contributed by atoms with van der Waals surface area (Å²) in [5, 5.41) is 11.3. The number of rotatable bonds is 8. The van der Waals surface area contributed by atoms with Gasteiger partial charge in [-0.2, -0.15) is 4.31 Å². The Morgan fingerprint density at radius 3 is 2.52 bits per heavy atom. The first-order valence-electron chi connectivity index (χ1n) is 11.5. The van der Waals surface area contributed by atoms with Crippen molar-refractivity contribution in [2.75, 3.05) is 6.61 Å². The van der Waals surface area contributed by atoms with Crippen LogP contribution in [0.2, 0.25) is 0 Å². The van der Waals surface area contributed by atoms with Crippen molar-refractivity contribution in [3.8, 4) is 11.4 Å². The predicted octanol–water partition coefficient (Wildman–Crippen LogP) is 4.14. The number of aromatic nitrogens is 4. The molecule has 4 rings (SSSR count). The van der Waals surface area contributed by atoms with E-state index in [1.165, 1.54) is 11.0 Å². The molecule has 2 aromatic carbocycles. The summed E-state index contributed by atoms with van der Waals surface area (Å²) in [6, 6.07) is 12.8. The summed E-state index contributed by atoms with van der Waals surface area (Å²) < 4.78 is 36.7. The average Bonchev–Trinajstić information content (AvgIpc) is 3.34. The predicted molar refractivity (Wildman–Crippen MR) is 126 cm³/mol. The molecule has 1 aliphatic rings. The summed E-state index contributed by atoms with van der Waals surface area (Å²) in [5.74, 6) is 1.09. The third-order valence-electron chi connectivity index (χ3n) is 6.38. The first-order valence-corrected chi connectivity index (χ1v) is 12.9. The van der Waals surface area contributed by atoms with Gasteiger partial charge in [-0.25, -0.2) is 13.1 Å². The maximum Gasteiger partial charge on any atom is 0.243 e. The Morgan fingerprint density at radius 2 is 1.88 bits per heavy atom. The second kappa shape index (κ2) is 10.0. The number of benzene rings is 2. The molecule has 1 fully saturated rings. The Hall–Kier alpha value is -2.78. The zero-order valence-electron chi connectivity index (χ0n) is 19.4. The molecule has 33 heavy (non-hydrogen) atoms. The highest BCUT2D eigenvalue weighted by molar-refractivity contribution is 7.89. The van der Waals surface area contributed by atoms with E-state index < -0.39 is 10.0 Å². The first kappa shape index (κ1) is 23.4. The van der Waals surface area contributed by atoms with Crippen LogP contribution in [-0.2, 0) is 16.6 Å². The van der Waals surface area contributed by atoms with Gasteiger partial charge >= 0.3 is 0 Å². The number of sulfonamides is 1. The van der Waals surface area contributed by atoms with Crippen molar-refractivity contribution in [3.63, 3.8) is 0 Å². The van der Waals surface area contributed by atoms with E-state index in [9.17, 15) is 8.42 Å². The lowest BCUT2D eigenvalue weighted by Crippen LogP contribution is -2.44. The highest BCUT2D eigenvalue weighted by atomic mass is 32.2. The van der Waals surface area contributed by atoms with Crippen LogP contribution in [0.15, 0.2) is 53.7 Å². The Kier molecular flexibility index (Phi) is 7.09. The third-order valence-corrected chi connectivity index (χ3v) is 8.25. The van der Waals surface area contributed by atoms with Crippen molar-refractivity contribution >= 4 is 10.0 Å². The van der Waals surface area contributed by atoms with Gasteiger partial charge in [-0.1, -0.05) is 31.9 Å². The Bertz CT molecular complexity index is 1160. The minimum Gasteiger partial charge on any atom is -0.494 e. The molecule has 0 saturated heterocycles. The number of ether oxygens (including phenoxy) is 1. The molecule has 1 aromatic heterocycles. The average molecular weight is 470 g/mol. The van der Waals surface area contributed by atoms with E-state index in [0.717, 1.165) is 48.2 Å². The van der Waals surface area contributed by atoms with E-state index in [2.05, 4.69) is 22.4 Å². The molecule has 0 spiro atoms. The zero-order valence-corrected chi connectivity index (χ0v) is 20.2. The fourth-order valence-electron chi connectivity index (χ4n) is 4.60. The van der Waals surface area contributed by atoms with Crippen LogP contribution in [0.4, 0.5) is 0 Å². The van der Waals surface area contributed by atoms with Crippen LogP contribution in [0.3, 0.4) is 0 Å². The molecular formula is C24H31N5O3S. The van der Waals surface area contributed by atoms with E-state index in [-0.39, 0.29) is 6.04 Å². The molecule has 176 valence electrons. The summed E-state index contributed by atoms with van der Waals surface area (Å²) in [4.78, 5) is 0.292. The lowest BCUT2D eigenvalue weighted by Gasteiger charge is -2.38. The van der Waals surface area contributed by atoms with Crippen molar-refractivity contribution < 1.29 is 13.2 Å². The number of nitrogens with zero attached hydrogens (tertiary/aromatic N) is 5. The van der Waals surface area contributed by atoms with E-state index in [1.807, 2.05) is 38.1 Å². The molecule has 0 amide bonds. The smallest absolute Gasteiger partial charge is 0.243 e. The van der Waals surface area contributed by atoms with E-state index in [0.29, 0.717) is 24.0 Å². The second-order valence-corrected chi connectivity index (χ2v) is 10.5. The Balaban J connectivity index is 1.68. The standard InChI is InChI=1S/C24H31N5O3S/c1-4-32-21-11-9-20(10-12-21)16-29(24-8-6-5-7-18(24)2)33(30,31)22-13-14-23(19(3)15-22)28-17-25-26-27-28/h9-15,17-18,24H,4-8,16H2,1-3H3/t18-,24-/m0/s1. The minimum absolute atomic E-state index is 0.0326. The Morgan fingerprint density at radius 1 is 1.12 bits per heavy atom. The van der Waals surface area contributed by atoms with Crippen molar-refractivity contribution in [1.82, 2.24) is 24.5 Å². The number of aryl methyl sites for hydroxylation is 1. The van der Waals surface area contributed by atoms with Crippen LogP contribution in [0, 0.1) is 12.8 Å². The summed E-state index contributed by atoms with van der Waals surface area (Å²) >= 11 is 0. The monoisotopic (exact) mass is 469 g/mol. The van der Waals surface area contributed by atoms with Crippen molar-refractivity contribution in [1.29, 1.82) is 0 Å². The highest BCUT2D eigenvalue weighted by Gasteiger charge is 2.36. The SMILES string of the molecule is CCOc1ccc(CN([C@H]2CCCC[C@@H]2C)S(=O)(=O)c2ccc(-n3cnnn3)c(C)c2)cc1. The van der Waals surface area contributed by atoms with E-state index in [4.69, 9.17) is 4.74 Å². The molecular weight excluding hydrogens is 438 g/mol. The van der Waals surface area contributed by atoms with Gasteiger partial charge in [0.1, 0.15) is 12.1 Å². The molecule has 8 nitrogen and oxygen atoms in total. The van der Waals surface area contributed by atoms with Gasteiger partial charge in [0.15, 0.2) is 0 Å². The third kappa shape index (κ3) is 5.09. The molecule has 9 heteroatoms. The molecule has 1 heterocycles. The maximum atomic E-state index is 14.0. The number of hydrogen-bond acceptors (Lipinski definition) is 6. The molecule has 0 unspecified atom stereocenters. The van der Waals surface area contributed by atoms with Crippen LogP contribution in [0.1, 0.15) is 50.7 Å². The van der Waals surface area contributed by atoms with Crippen LogP contribution in [0.5, 0.6) is 5.75 Å². The van der Waals surface area contributed by atoms with Crippen LogP contribution in [0.25, 0.3) is 5.69 Å². The van der Waals surface area contributed by atoms with Gasteiger partial charge in [0.2, 0.25) is 10.0 Å². The molecule has 0 aliphatic heterocycles. The zero-order chi connectivity index (χ0) is 23.4. The van der Waals surface area contributed by atoms with Gasteiger partial charge in [0.25, 0.3) is 0 Å². The summed E-state index contributed by atoms with van der Waals surface area (Å²) in [6.45, 7) is 6.91. The molecule has 0 radical (unpaired) electrons.